The van der Waals surface area contributed by atoms with Crippen molar-refractivity contribution in [3.05, 3.63) is 26.6 Å². The van der Waals surface area contributed by atoms with Crippen molar-refractivity contribution in [2.24, 2.45) is 5.92 Å². The first-order valence-corrected chi connectivity index (χ1v) is 10.6. The highest BCUT2D eigenvalue weighted by Crippen LogP contribution is 2.35. The summed E-state index contributed by atoms with van der Waals surface area (Å²) < 4.78 is 1.79. The minimum atomic E-state index is -0.194. The van der Waals surface area contributed by atoms with Gasteiger partial charge in [-0.25, -0.2) is 9.67 Å². The van der Waals surface area contributed by atoms with Crippen molar-refractivity contribution < 1.29 is 0 Å². The van der Waals surface area contributed by atoms with Gasteiger partial charge in [0, 0.05) is 4.88 Å². The minimum absolute atomic E-state index is 0.0203. The Hall–Kier alpha value is -1.74. The van der Waals surface area contributed by atoms with E-state index in [9.17, 15) is 4.79 Å². The molecule has 1 aliphatic rings. The molecule has 3 aromatic heterocycles. The van der Waals surface area contributed by atoms with E-state index in [1.807, 2.05) is 0 Å². The fourth-order valence-electron chi connectivity index (χ4n) is 3.28. The van der Waals surface area contributed by atoms with Gasteiger partial charge in [0.05, 0.1) is 16.7 Å². The Labute approximate surface area is 159 Å². The quantitative estimate of drug-likeness (QED) is 0.691. The van der Waals surface area contributed by atoms with Gasteiger partial charge < -0.3 is 4.98 Å². The van der Waals surface area contributed by atoms with E-state index >= 15 is 0 Å². The summed E-state index contributed by atoms with van der Waals surface area (Å²) in [6, 6.07) is 0. The Morgan fingerprint density at radius 2 is 2.19 bits per heavy atom. The summed E-state index contributed by atoms with van der Waals surface area (Å²) in [5, 5.41) is 13.4. The molecule has 7 nitrogen and oxygen atoms in total. The van der Waals surface area contributed by atoms with Crippen LogP contribution in [0.2, 0.25) is 0 Å². The van der Waals surface area contributed by atoms with E-state index in [-0.39, 0.29) is 11.1 Å². The van der Waals surface area contributed by atoms with Crippen molar-refractivity contribution in [1.82, 2.24) is 30.2 Å². The van der Waals surface area contributed by atoms with Crippen molar-refractivity contribution in [2.75, 3.05) is 0 Å². The molecule has 3 aromatic rings. The maximum absolute atomic E-state index is 12.7. The van der Waals surface area contributed by atoms with E-state index in [4.69, 9.17) is 4.98 Å². The fraction of sp³-hybridized carbons (Fsp3) is 0.588. The second-order valence-corrected chi connectivity index (χ2v) is 9.90. The molecule has 1 N–H and O–H groups in total. The maximum Gasteiger partial charge on any atom is 0.259 e. The smallest absolute Gasteiger partial charge is 0.259 e. The topological polar surface area (TPSA) is 89.3 Å². The zero-order valence-electron chi connectivity index (χ0n) is 15.4. The molecule has 1 aliphatic carbocycles. The van der Waals surface area contributed by atoms with Crippen LogP contribution in [0.15, 0.2) is 9.95 Å². The van der Waals surface area contributed by atoms with Gasteiger partial charge in [0.1, 0.15) is 10.7 Å². The van der Waals surface area contributed by atoms with E-state index < -0.39 is 0 Å². The van der Waals surface area contributed by atoms with E-state index in [1.165, 1.54) is 22.2 Å². The first-order chi connectivity index (χ1) is 12.3. The van der Waals surface area contributed by atoms with Gasteiger partial charge in [-0.1, -0.05) is 18.7 Å². The van der Waals surface area contributed by atoms with E-state index in [2.05, 4.69) is 48.2 Å². The van der Waals surface area contributed by atoms with Gasteiger partial charge in [-0.05, 0) is 61.9 Å². The highest BCUT2D eigenvalue weighted by Gasteiger charge is 2.24. The molecule has 9 heteroatoms. The molecule has 0 saturated carbocycles. The lowest BCUT2D eigenvalue weighted by molar-refractivity contribution is 0.321. The predicted octanol–water partition coefficient (Wildman–Crippen LogP) is 3.14. The first-order valence-electron chi connectivity index (χ1n) is 8.78. The summed E-state index contributed by atoms with van der Waals surface area (Å²) in [5.41, 5.74) is 1.00. The monoisotopic (exact) mass is 390 g/mol. The van der Waals surface area contributed by atoms with Gasteiger partial charge in [-0.2, -0.15) is 0 Å². The zero-order valence-corrected chi connectivity index (χ0v) is 17.0. The lowest BCUT2D eigenvalue weighted by Gasteiger charge is -2.19. The summed E-state index contributed by atoms with van der Waals surface area (Å²) in [5.74, 6) is 1.88. The van der Waals surface area contributed by atoms with Crippen molar-refractivity contribution in [3.8, 4) is 0 Å². The lowest BCUT2D eigenvalue weighted by Crippen LogP contribution is -2.24. The molecule has 26 heavy (non-hydrogen) atoms. The number of aryl methyl sites for hydroxylation is 1. The highest BCUT2D eigenvalue weighted by atomic mass is 32.2. The molecule has 0 aliphatic heterocycles. The van der Waals surface area contributed by atoms with Gasteiger partial charge in [0.15, 0.2) is 0 Å². The standard InChI is InChI=1S/C17H22N6OS2/c1-9-5-6-10-11(7-9)26-15-13(10)14(24)18-12(19-15)8-25-16-20-21-22-23(16)17(2,3)4/h9H,5-8H2,1-4H3,(H,18,19,24)/t9-/m1/s1. The second kappa shape index (κ2) is 6.45. The number of thioether (sulfide) groups is 1. The van der Waals surface area contributed by atoms with Crippen LogP contribution in [0, 0.1) is 5.92 Å². The average Bonchev–Trinajstić information content (AvgIpc) is 3.15. The highest BCUT2D eigenvalue weighted by molar-refractivity contribution is 7.98. The van der Waals surface area contributed by atoms with E-state index in [1.54, 1.807) is 16.0 Å². The van der Waals surface area contributed by atoms with Crippen molar-refractivity contribution >= 4 is 33.3 Å². The summed E-state index contributed by atoms with van der Waals surface area (Å²) in [6.07, 6.45) is 3.18. The molecule has 4 rings (SSSR count). The number of aromatic nitrogens is 6. The number of rotatable bonds is 3. The number of thiophene rings is 1. The van der Waals surface area contributed by atoms with Crippen LogP contribution in [0.25, 0.3) is 10.2 Å². The summed E-state index contributed by atoms with van der Waals surface area (Å²) >= 11 is 3.16. The Bertz CT molecular complexity index is 1010. The number of tetrazole rings is 1. The third kappa shape index (κ3) is 3.18. The number of hydrogen-bond acceptors (Lipinski definition) is 7. The normalized spacial score (nSPS) is 17.6. The van der Waals surface area contributed by atoms with Crippen LogP contribution in [0.5, 0.6) is 0 Å². The predicted molar refractivity (Wildman–Crippen MR) is 104 cm³/mol. The number of hydrogen-bond donors (Lipinski definition) is 1. The molecular formula is C17H22N6OS2. The zero-order chi connectivity index (χ0) is 18.5. The molecule has 0 unspecified atom stereocenters. The Morgan fingerprint density at radius 1 is 1.38 bits per heavy atom. The van der Waals surface area contributed by atoms with Crippen molar-refractivity contribution in [1.29, 1.82) is 0 Å². The molecule has 0 amide bonds. The lowest BCUT2D eigenvalue weighted by atomic mass is 9.89. The van der Waals surface area contributed by atoms with E-state index in [0.29, 0.717) is 17.5 Å². The number of fused-ring (bicyclic) bond motifs is 3. The molecule has 0 fully saturated rings. The van der Waals surface area contributed by atoms with Crippen LogP contribution < -0.4 is 5.56 Å². The molecule has 138 valence electrons. The third-order valence-corrected chi connectivity index (χ3v) is 6.71. The molecule has 1 atom stereocenters. The number of aromatic amines is 1. The summed E-state index contributed by atoms with van der Waals surface area (Å²) in [6.45, 7) is 8.43. The number of nitrogens with one attached hydrogen (secondary N) is 1. The fourth-order valence-corrected chi connectivity index (χ4v) is 5.62. The van der Waals surface area contributed by atoms with E-state index in [0.717, 1.165) is 34.6 Å². The molecule has 0 bridgehead atoms. The van der Waals surface area contributed by atoms with Crippen LogP contribution >= 0.6 is 23.1 Å². The van der Waals surface area contributed by atoms with Gasteiger partial charge in [0.25, 0.3) is 5.56 Å². The third-order valence-electron chi connectivity index (χ3n) is 4.63. The van der Waals surface area contributed by atoms with Gasteiger partial charge in [-0.3, -0.25) is 4.79 Å². The van der Waals surface area contributed by atoms with Crippen LogP contribution in [-0.2, 0) is 24.1 Å². The molecule has 0 saturated heterocycles. The van der Waals surface area contributed by atoms with Crippen molar-refractivity contribution in [2.45, 2.75) is 63.4 Å². The summed E-state index contributed by atoms with van der Waals surface area (Å²) in [7, 11) is 0. The van der Waals surface area contributed by atoms with Gasteiger partial charge in [-0.15, -0.1) is 16.4 Å². The largest absolute Gasteiger partial charge is 0.309 e. The van der Waals surface area contributed by atoms with Crippen LogP contribution in [0.4, 0.5) is 0 Å². The Kier molecular flexibility index (Phi) is 4.38. The van der Waals surface area contributed by atoms with Gasteiger partial charge in [0.2, 0.25) is 5.16 Å². The maximum atomic E-state index is 12.7. The average molecular weight is 391 g/mol. The first kappa shape index (κ1) is 17.7. The number of nitrogens with zero attached hydrogens (tertiary/aromatic N) is 5. The van der Waals surface area contributed by atoms with Crippen LogP contribution in [0.3, 0.4) is 0 Å². The Balaban J connectivity index is 1.63. The minimum Gasteiger partial charge on any atom is -0.309 e. The summed E-state index contributed by atoms with van der Waals surface area (Å²) in [4.78, 5) is 22.5. The number of H-pyrrole nitrogens is 1. The van der Waals surface area contributed by atoms with Crippen LogP contribution in [0.1, 0.15) is 50.4 Å². The molecule has 3 heterocycles. The Morgan fingerprint density at radius 3 is 2.96 bits per heavy atom. The van der Waals surface area contributed by atoms with Gasteiger partial charge >= 0.3 is 0 Å². The molecular weight excluding hydrogens is 368 g/mol. The second-order valence-electron chi connectivity index (χ2n) is 7.88. The SMILES string of the molecule is C[C@@H]1CCc2c(sc3nc(CSc4nnnn4C(C)(C)C)[nH]c(=O)c23)C1. The molecule has 0 aromatic carbocycles. The molecule has 0 spiro atoms. The van der Waals surface area contributed by atoms with Crippen molar-refractivity contribution in [3.63, 3.8) is 0 Å². The molecule has 0 radical (unpaired) electrons. The van der Waals surface area contributed by atoms with Crippen LogP contribution in [-0.4, -0.2) is 30.2 Å².